The van der Waals surface area contributed by atoms with E-state index in [1.165, 1.54) is 6.92 Å². The summed E-state index contributed by atoms with van der Waals surface area (Å²) in [5.41, 5.74) is 0.902. The van der Waals surface area contributed by atoms with Crippen molar-refractivity contribution in [1.29, 1.82) is 0 Å². The zero-order chi connectivity index (χ0) is 13.1. The molecule has 2 heterocycles. The first-order chi connectivity index (χ1) is 8.56. The average molecular weight is 328 g/mol. The lowest BCUT2D eigenvalue weighted by molar-refractivity contribution is -0.137. The summed E-state index contributed by atoms with van der Waals surface area (Å²) >= 11 is 4.97. The van der Waals surface area contributed by atoms with Gasteiger partial charge < -0.3 is 10.4 Å². The minimum atomic E-state index is -0.940. The van der Waals surface area contributed by atoms with Gasteiger partial charge in [-0.25, -0.2) is 9.97 Å². The molecule has 0 radical (unpaired) electrons. The average Bonchev–Trinajstić information content (AvgIpc) is 2.76. The Kier molecular flexibility index (Phi) is 3.93. The number of aromatic nitrogens is 2. The zero-order valence-corrected chi connectivity index (χ0v) is 11.8. The fraction of sp³-hybridized carbons (Fsp3) is 0.182. The first-order valence-electron chi connectivity index (χ1n) is 5.12. The number of hydrogen-bond donors (Lipinski definition) is 2. The smallest absolute Gasteiger partial charge is 0.325 e. The molecule has 0 aromatic carbocycles. The molecule has 2 N–H and O–H groups in total. The Bertz CT molecular complexity index is 556. The molecule has 2 aromatic rings. The van der Waals surface area contributed by atoms with Crippen molar-refractivity contribution in [3.05, 3.63) is 28.3 Å². The summed E-state index contributed by atoms with van der Waals surface area (Å²) in [6.07, 6.45) is 3.34. The molecular formula is C11H10BrN3O2S. The molecule has 0 aliphatic carbocycles. The summed E-state index contributed by atoms with van der Waals surface area (Å²) in [5, 5.41) is 13.4. The molecule has 0 fully saturated rings. The van der Waals surface area contributed by atoms with Crippen molar-refractivity contribution in [2.75, 3.05) is 5.32 Å². The lowest BCUT2D eigenvalue weighted by Gasteiger charge is -2.08. The number of anilines is 1. The molecule has 5 nitrogen and oxygen atoms in total. The second kappa shape index (κ2) is 5.45. The molecule has 0 amide bonds. The van der Waals surface area contributed by atoms with Crippen molar-refractivity contribution < 1.29 is 9.90 Å². The first kappa shape index (κ1) is 13.0. The van der Waals surface area contributed by atoms with Gasteiger partial charge in [0.1, 0.15) is 6.04 Å². The highest BCUT2D eigenvalue weighted by Gasteiger charge is 2.11. The second-order valence-corrected chi connectivity index (χ2v) is 5.46. The number of hydrogen-bond acceptors (Lipinski definition) is 5. The van der Waals surface area contributed by atoms with Gasteiger partial charge in [-0.3, -0.25) is 4.79 Å². The van der Waals surface area contributed by atoms with Crippen LogP contribution in [0.5, 0.6) is 0 Å². The van der Waals surface area contributed by atoms with E-state index in [2.05, 4.69) is 31.2 Å². The fourth-order valence-electron chi connectivity index (χ4n) is 1.25. The zero-order valence-electron chi connectivity index (χ0n) is 9.42. The highest BCUT2D eigenvalue weighted by atomic mass is 79.9. The van der Waals surface area contributed by atoms with Gasteiger partial charge in [-0.15, -0.1) is 11.3 Å². The van der Waals surface area contributed by atoms with Crippen LogP contribution in [0.3, 0.4) is 0 Å². The molecule has 0 saturated heterocycles. The Labute approximate surface area is 116 Å². The van der Waals surface area contributed by atoms with E-state index in [1.807, 2.05) is 11.4 Å². The van der Waals surface area contributed by atoms with Crippen LogP contribution in [0.4, 0.5) is 5.95 Å². The van der Waals surface area contributed by atoms with Crippen LogP contribution in [0.1, 0.15) is 6.92 Å². The van der Waals surface area contributed by atoms with E-state index in [4.69, 9.17) is 5.11 Å². The van der Waals surface area contributed by atoms with Crippen LogP contribution in [0.25, 0.3) is 10.4 Å². The second-order valence-electron chi connectivity index (χ2n) is 3.63. The predicted octanol–water partition coefficient (Wildman–Crippen LogP) is 2.85. The van der Waals surface area contributed by atoms with E-state index in [0.717, 1.165) is 14.9 Å². The van der Waals surface area contributed by atoms with Crippen LogP contribution in [0.2, 0.25) is 0 Å². The van der Waals surface area contributed by atoms with Gasteiger partial charge >= 0.3 is 5.97 Å². The Balaban J connectivity index is 2.13. The molecule has 2 rings (SSSR count). The lowest BCUT2D eigenvalue weighted by atomic mass is 10.3. The van der Waals surface area contributed by atoms with E-state index in [-0.39, 0.29) is 0 Å². The fourth-order valence-corrected chi connectivity index (χ4v) is 2.65. The van der Waals surface area contributed by atoms with Crippen molar-refractivity contribution >= 4 is 39.2 Å². The number of carboxylic acid groups (broad SMARTS) is 1. The molecule has 2 aromatic heterocycles. The standard InChI is InChI=1S/C11H10BrN3O2S/c1-6(10(16)17)15-11-13-3-7(4-14-11)9-2-8(12)5-18-9/h2-6H,1H3,(H,16,17)(H,13,14,15). The number of aliphatic carboxylic acids is 1. The van der Waals surface area contributed by atoms with Gasteiger partial charge in [0, 0.05) is 32.7 Å². The molecule has 1 unspecified atom stereocenters. The Hall–Kier alpha value is -1.47. The summed E-state index contributed by atoms with van der Waals surface area (Å²) in [6.45, 7) is 1.54. The maximum absolute atomic E-state index is 10.7. The third-order valence-electron chi connectivity index (χ3n) is 2.22. The summed E-state index contributed by atoms with van der Waals surface area (Å²) < 4.78 is 1.02. The molecular weight excluding hydrogens is 318 g/mol. The van der Waals surface area contributed by atoms with E-state index in [1.54, 1.807) is 23.7 Å². The van der Waals surface area contributed by atoms with Gasteiger partial charge in [0.2, 0.25) is 5.95 Å². The summed E-state index contributed by atoms with van der Waals surface area (Å²) in [5.74, 6) is -0.630. The first-order valence-corrected chi connectivity index (χ1v) is 6.79. The summed E-state index contributed by atoms with van der Waals surface area (Å²) in [6, 6.07) is 1.27. The Morgan fingerprint density at radius 3 is 2.67 bits per heavy atom. The number of nitrogens with one attached hydrogen (secondary N) is 1. The Morgan fingerprint density at radius 1 is 1.50 bits per heavy atom. The van der Waals surface area contributed by atoms with Crippen molar-refractivity contribution in [2.24, 2.45) is 0 Å². The maximum atomic E-state index is 10.7. The van der Waals surface area contributed by atoms with Crippen molar-refractivity contribution in [2.45, 2.75) is 13.0 Å². The van der Waals surface area contributed by atoms with Crippen LogP contribution in [-0.4, -0.2) is 27.1 Å². The SMILES string of the molecule is CC(Nc1ncc(-c2cc(Br)cs2)cn1)C(=O)O. The van der Waals surface area contributed by atoms with Crippen molar-refractivity contribution in [3.63, 3.8) is 0 Å². The van der Waals surface area contributed by atoms with Gasteiger partial charge in [0.15, 0.2) is 0 Å². The molecule has 0 saturated carbocycles. The van der Waals surface area contributed by atoms with Crippen molar-refractivity contribution in [3.8, 4) is 10.4 Å². The molecule has 7 heteroatoms. The van der Waals surface area contributed by atoms with Gasteiger partial charge in [-0.1, -0.05) is 0 Å². The summed E-state index contributed by atoms with van der Waals surface area (Å²) in [4.78, 5) is 19.9. The number of carbonyl (C=O) groups is 1. The number of carboxylic acids is 1. The lowest BCUT2D eigenvalue weighted by Crippen LogP contribution is -2.26. The van der Waals surface area contributed by atoms with E-state index in [9.17, 15) is 4.79 Å². The van der Waals surface area contributed by atoms with E-state index >= 15 is 0 Å². The minimum Gasteiger partial charge on any atom is -0.480 e. The predicted molar refractivity (Wildman–Crippen MR) is 73.8 cm³/mol. The van der Waals surface area contributed by atoms with Crippen LogP contribution >= 0.6 is 27.3 Å². The van der Waals surface area contributed by atoms with Crippen LogP contribution in [0, 0.1) is 0 Å². The highest BCUT2D eigenvalue weighted by molar-refractivity contribution is 9.10. The highest BCUT2D eigenvalue weighted by Crippen LogP contribution is 2.29. The Morgan fingerprint density at radius 2 is 2.17 bits per heavy atom. The van der Waals surface area contributed by atoms with Gasteiger partial charge in [-0.05, 0) is 28.9 Å². The number of rotatable bonds is 4. The number of thiophene rings is 1. The monoisotopic (exact) mass is 327 g/mol. The van der Waals surface area contributed by atoms with Crippen LogP contribution < -0.4 is 5.32 Å². The van der Waals surface area contributed by atoms with E-state index < -0.39 is 12.0 Å². The molecule has 0 bridgehead atoms. The van der Waals surface area contributed by atoms with Gasteiger partial charge in [0.25, 0.3) is 0 Å². The third-order valence-corrected chi connectivity index (χ3v) is 3.96. The quantitative estimate of drug-likeness (QED) is 0.903. The largest absolute Gasteiger partial charge is 0.480 e. The normalized spacial score (nSPS) is 12.1. The van der Waals surface area contributed by atoms with E-state index in [0.29, 0.717) is 5.95 Å². The van der Waals surface area contributed by atoms with Gasteiger partial charge in [-0.2, -0.15) is 0 Å². The number of halogens is 1. The minimum absolute atomic E-state index is 0.310. The molecule has 94 valence electrons. The number of nitrogens with zero attached hydrogens (tertiary/aromatic N) is 2. The van der Waals surface area contributed by atoms with Crippen LogP contribution in [0.15, 0.2) is 28.3 Å². The molecule has 0 spiro atoms. The molecule has 1 atom stereocenters. The summed E-state index contributed by atoms with van der Waals surface area (Å²) in [7, 11) is 0. The van der Waals surface area contributed by atoms with Crippen LogP contribution in [-0.2, 0) is 4.79 Å². The molecule has 18 heavy (non-hydrogen) atoms. The van der Waals surface area contributed by atoms with Gasteiger partial charge in [0.05, 0.1) is 0 Å². The maximum Gasteiger partial charge on any atom is 0.325 e. The van der Waals surface area contributed by atoms with Crippen molar-refractivity contribution in [1.82, 2.24) is 9.97 Å². The topological polar surface area (TPSA) is 75.1 Å². The third kappa shape index (κ3) is 3.05. The molecule has 0 aliphatic rings. The molecule has 0 aliphatic heterocycles.